The summed E-state index contributed by atoms with van der Waals surface area (Å²) in [5.74, 6) is -0.135. The predicted molar refractivity (Wildman–Crippen MR) is 137 cm³/mol. The maximum Gasteiger partial charge on any atom is 0.244 e. The molecule has 3 rings (SSSR count). The molecular formula is C25H32ClN3O5S. The highest BCUT2D eigenvalue weighted by Crippen LogP contribution is 2.23. The Kier molecular flexibility index (Phi) is 9.02. The van der Waals surface area contributed by atoms with Crippen LogP contribution in [0.15, 0.2) is 48.5 Å². The standard InChI is InChI=1S/C25H32ClN3O5S/c1-18(25(31)27-21-8-4-5-9-21)28(16-19-7-6-10-23(15-19)34-2)24(30)17-29(35(3,32)33)22-13-11-20(26)12-14-22/h6-7,10-15,18,21H,4-5,8-9,16-17H2,1-3H3,(H,27,31)/t18-/m0/s1. The van der Waals surface area contributed by atoms with Crippen molar-refractivity contribution in [3.05, 3.63) is 59.1 Å². The largest absolute Gasteiger partial charge is 0.497 e. The van der Waals surface area contributed by atoms with Crippen LogP contribution in [-0.2, 0) is 26.2 Å². The van der Waals surface area contributed by atoms with Gasteiger partial charge >= 0.3 is 0 Å². The van der Waals surface area contributed by atoms with E-state index >= 15 is 0 Å². The van der Waals surface area contributed by atoms with Crippen molar-refractivity contribution in [2.24, 2.45) is 0 Å². The number of hydrogen-bond acceptors (Lipinski definition) is 5. The first-order valence-corrected chi connectivity index (χ1v) is 13.8. The molecule has 0 heterocycles. The molecule has 0 saturated heterocycles. The monoisotopic (exact) mass is 521 g/mol. The molecule has 190 valence electrons. The molecule has 8 nitrogen and oxygen atoms in total. The normalized spacial score (nSPS) is 14.9. The maximum atomic E-state index is 13.6. The van der Waals surface area contributed by atoms with Gasteiger partial charge in [-0.25, -0.2) is 8.42 Å². The second-order valence-corrected chi connectivity index (χ2v) is 11.1. The lowest BCUT2D eigenvalue weighted by Gasteiger charge is -2.32. The van der Waals surface area contributed by atoms with Crippen molar-refractivity contribution in [2.75, 3.05) is 24.2 Å². The van der Waals surface area contributed by atoms with E-state index in [0.29, 0.717) is 16.5 Å². The van der Waals surface area contributed by atoms with Crippen molar-refractivity contribution in [1.82, 2.24) is 10.2 Å². The summed E-state index contributed by atoms with van der Waals surface area (Å²) < 4.78 is 31.5. The minimum atomic E-state index is -3.79. The molecule has 1 N–H and O–H groups in total. The molecule has 0 radical (unpaired) electrons. The number of nitrogens with one attached hydrogen (secondary N) is 1. The van der Waals surface area contributed by atoms with Crippen LogP contribution in [-0.4, -0.2) is 57.1 Å². The number of sulfonamides is 1. The van der Waals surface area contributed by atoms with E-state index in [4.69, 9.17) is 16.3 Å². The van der Waals surface area contributed by atoms with Gasteiger partial charge in [0.05, 0.1) is 19.1 Å². The highest BCUT2D eigenvalue weighted by molar-refractivity contribution is 7.92. The fraction of sp³-hybridized carbons (Fsp3) is 0.440. The highest BCUT2D eigenvalue weighted by atomic mass is 35.5. The summed E-state index contributed by atoms with van der Waals surface area (Å²) in [6.07, 6.45) is 5.01. The third-order valence-electron chi connectivity index (χ3n) is 6.15. The quantitative estimate of drug-likeness (QED) is 0.515. The lowest BCUT2D eigenvalue weighted by Crippen LogP contribution is -2.52. The van der Waals surface area contributed by atoms with E-state index in [-0.39, 0.29) is 18.5 Å². The highest BCUT2D eigenvalue weighted by Gasteiger charge is 2.31. The van der Waals surface area contributed by atoms with Crippen LogP contribution in [0.3, 0.4) is 0 Å². The second-order valence-electron chi connectivity index (χ2n) is 8.79. The summed E-state index contributed by atoms with van der Waals surface area (Å²) in [4.78, 5) is 28.0. The molecule has 1 aliphatic rings. The molecular weight excluding hydrogens is 490 g/mol. The molecule has 0 unspecified atom stereocenters. The van der Waals surface area contributed by atoms with E-state index in [2.05, 4.69) is 5.32 Å². The van der Waals surface area contributed by atoms with E-state index in [1.54, 1.807) is 56.5 Å². The molecule has 1 atom stereocenters. The lowest BCUT2D eigenvalue weighted by molar-refractivity contribution is -0.139. The van der Waals surface area contributed by atoms with Gasteiger partial charge in [-0.15, -0.1) is 0 Å². The smallest absolute Gasteiger partial charge is 0.244 e. The second kappa shape index (κ2) is 11.8. The molecule has 1 saturated carbocycles. The van der Waals surface area contributed by atoms with Gasteiger partial charge in [-0.2, -0.15) is 0 Å². The van der Waals surface area contributed by atoms with E-state index in [9.17, 15) is 18.0 Å². The fourth-order valence-corrected chi connectivity index (χ4v) is 5.14. The number of hydrogen-bond donors (Lipinski definition) is 1. The Labute approximate surface area is 212 Å². The first-order valence-electron chi connectivity index (χ1n) is 11.5. The van der Waals surface area contributed by atoms with E-state index in [1.165, 1.54) is 4.90 Å². The number of carbonyl (C=O) groups excluding carboxylic acids is 2. The van der Waals surface area contributed by atoms with Crippen LogP contribution in [0.5, 0.6) is 5.75 Å². The molecule has 0 aromatic heterocycles. The zero-order chi connectivity index (χ0) is 25.6. The molecule has 0 bridgehead atoms. The van der Waals surface area contributed by atoms with Crippen LogP contribution in [0, 0.1) is 0 Å². The molecule has 2 aromatic rings. The van der Waals surface area contributed by atoms with E-state index in [1.807, 2.05) is 6.07 Å². The van der Waals surface area contributed by atoms with Crippen LogP contribution in [0.4, 0.5) is 5.69 Å². The van der Waals surface area contributed by atoms with Gasteiger partial charge in [0, 0.05) is 17.6 Å². The first kappa shape index (κ1) is 26.8. The zero-order valence-electron chi connectivity index (χ0n) is 20.2. The minimum Gasteiger partial charge on any atom is -0.497 e. The Morgan fingerprint density at radius 3 is 2.40 bits per heavy atom. The summed E-state index contributed by atoms with van der Waals surface area (Å²) in [5.41, 5.74) is 1.07. The number of ether oxygens (including phenoxy) is 1. The average molecular weight is 522 g/mol. The number of carbonyl (C=O) groups is 2. The zero-order valence-corrected chi connectivity index (χ0v) is 21.8. The van der Waals surface area contributed by atoms with Gasteiger partial charge < -0.3 is 15.0 Å². The summed E-state index contributed by atoms with van der Waals surface area (Å²) in [6.45, 7) is 1.33. The minimum absolute atomic E-state index is 0.0975. The van der Waals surface area contributed by atoms with Crippen molar-refractivity contribution >= 4 is 39.1 Å². The number of methoxy groups -OCH3 is 1. The number of nitrogens with zero attached hydrogens (tertiary/aromatic N) is 2. The molecule has 2 aromatic carbocycles. The number of anilines is 1. The van der Waals surface area contributed by atoms with Gasteiger partial charge in [0.25, 0.3) is 0 Å². The third-order valence-corrected chi connectivity index (χ3v) is 7.54. The Morgan fingerprint density at radius 2 is 1.80 bits per heavy atom. The number of amides is 2. The van der Waals surface area contributed by atoms with Gasteiger partial charge in [-0.3, -0.25) is 13.9 Å². The number of benzene rings is 2. The molecule has 2 amide bonds. The van der Waals surface area contributed by atoms with Gasteiger partial charge in [0.2, 0.25) is 21.8 Å². The molecule has 0 spiro atoms. The SMILES string of the molecule is COc1cccc(CN(C(=O)CN(c2ccc(Cl)cc2)S(C)(=O)=O)[C@@H](C)C(=O)NC2CCCC2)c1. The molecule has 10 heteroatoms. The Bertz CT molecular complexity index is 1130. The molecule has 1 aliphatic carbocycles. The van der Waals surface area contributed by atoms with Crippen LogP contribution < -0.4 is 14.4 Å². The van der Waals surface area contributed by atoms with E-state index in [0.717, 1.165) is 41.8 Å². The van der Waals surface area contributed by atoms with Crippen LogP contribution in [0.2, 0.25) is 5.02 Å². The topological polar surface area (TPSA) is 96.0 Å². The Hall–Kier alpha value is -2.78. The summed E-state index contributed by atoms with van der Waals surface area (Å²) >= 11 is 5.95. The Balaban J connectivity index is 1.88. The number of halogens is 1. The maximum absolute atomic E-state index is 13.6. The van der Waals surface area contributed by atoms with Crippen molar-refractivity contribution in [2.45, 2.75) is 51.2 Å². The average Bonchev–Trinajstić information content (AvgIpc) is 3.33. The summed E-state index contributed by atoms with van der Waals surface area (Å²) in [5, 5.41) is 3.49. The first-order chi connectivity index (χ1) is 16.6. The van der Waals surface area contributed by atoms with Gasteiger partial charge in [0.1, 0.15) is 18.3 Å². The van der Waals surface area contributed by atoms with Crippen molar-refractivity contribution < 1.29 is 22.7 Å². The fourth-order valence-electron chi connectivity index (χ4n) is 4.16. The molecule has 35 heavy (non-hydrogen) atoms. The van der Waals surface area contributed by atoms with Gasteiger partial charge in [-0.05, 0) is 61.7 Å². The van der Waals surface area contributed by atoms with Crippen molar-refractivity contribution in [1.29, 1.82) is 0 Å². The summed E-state index contributed by atoms with van der Waals surface area (Å²) in [7, 11) is -2.23. The van der Waals surface area contributed by atoms with Crippen molar-refractivity contribution in [3.8, 4) is 5.75 Å². The van der Waals surface area contributed by atoms with Gasteiger partial charge in [-0.1, -0.05) is 36.6 Å². The Morgan fingerprint density at radius 1 is 1.14 bits per heavy atom. The van der Waals surface area contributed by atoms with Crippen LogP contribution in [0.25, 0.3) is 0 Å². The predicted octanol–water partition coefficient (Wildman–Crippen LogP) is 3.59. The molecule has 1 fully saturated rings. The van der Waals surface area contributed by atoms with Crippen molar-refractivity contribution in [3.63, 3.8) is 0 Å². The lowest BCUT2D eigenvalue weighted by atomic mass is 10.1. The molecule has 0 aliphatic heterocycles. The van der Waals surface area contributed by atoms with Crippen LogP contribution >= 0.6 is 11.6 Å². The van der Waals surface area contributed by atoms with E-state index < -0.39 is 28.5 Å². The van der Waals surface area contributed by atoms with Crippen LogP contribution in [0.1, 0.15) is 38.2 Å². The third kappa shape index (κ3) is 7.35. The van der Waals surface area contributed by atoms with Gasteiger partial charge in [0.15, 0.2) is 0 Å². The number of rotatable bonds is 10. The summed E-state index contributed by atoms with van der Waals surface area (Å²) in [6, 6.07) is 12.7.